The number of allylic oxidation sites excluding steroid dienone is 2. The summed E-state index contributed by atoms with van der Waals surface area (Å²) in [5.74, 6) is -1.03. The third-order valence-electron chi connectivity index (χ3n) is 5.39. The number of nitrogens with one attached hydrogen (secondary N) is 1. The Bertz CT molecular complexity index is 816. The SMILES string of the molecule is COC(=O)[C@@]1(c2ccccc2)CC=CC[C@H]1C(=O)NC(C)c1ccccc1. The average molecular weight is 363 g/mol. The second kappa shape index (κ2) is 8.21. The van der Waals surface area contributed by atoms with Crippen molar-refractivity contribution in [1.82, 2.24) is 5.32 Å². The Kier molecular flexibility index (Phi) is 5.75. The lowest BCUT2D eigenvalue weighted by atomic mass is 9.64. The highest BCUT2D eigenvalue weighted by Gasteiger charge is 2.51. The third kappa shape index (κ3) is 3.65. The number of ether oxygens (including phenoxy) is 1. The summed E-state index contributed by atoms with van der Waals surface area (Å²) in [7, 11) is 1.38. The van der Waals surface area contributed by atoms with Gasteiger partial charge in [0.15, 0.2) is 0 Å². The van der Waals surface area contributed by atoms with Crippen LogP contribution < -0.4 is 5.32 Å². The number of benzene rings is 2. The summed E-state index contributed by atoms with van der Waals surface area (Å²) < 4.78 is 5.16. The highest BCUT2D eigenvalue weighted by atomic mass is 16.5. The first-order valence-electron chi connectivity index (χ1n) is 9.24. The van der Waals surface area contributed by atoms with Crippen molar-refractivity contribution >= 4 is 11.9 Å². The maximum atomic E-state index is 13.2. The first kappa shape index (κ1) is 18.9. The van der Waals surface area contributed by atoms with Crippen LogP contribution in [0.4, 0.5) is 0 Å². The van der Waals surface area contributed by atoms with E-state index >= 15 is 0 Å². The summed E-state index contributed by atoms with van der Waals surface area (Å²) in [5, 5.41) is 3.09. The van der Waals surface area contributed by atoms with Gasteiger partial charge in [0.2, 0.25) is 5.91 Å². The average Bonchev–Trinajstić information content (AvgIpc) is 2.74. The van der Waals surface area contributed by atoms with E-state index in [1.807, 2.05) is 79.7 Å². The standard InChI is InChI=1S/C23H25NO3/c1-17(18-11-5-3-6-12-18)24-21(25)20-15-9-10-16-23(20,22(26)27-2)19-13-7-4-8-14-19/h3-14,17,20H,15-16H2,1-2H3,(H,24,25)/t17?,20-,23+/m0/s1. The molecule has 3 atom stereocenters. The molecule has 0 aromatic heterocycles. The maximum absolute atomic E-state index is 13.2. The van der Waals surface area contributed by atoms with Crippen molar-refractivity contribution in [3.63, 3.8) is 0 Å². The summed E-state index contributed by atoms with van der Waals surface area (Å²) in [6, 6.07) is 19.1. The molecule has 1 aliphatic carbocycles. The predicted octanol–water partition coefficient (Wildman–Crippen LogP) is 3.94. The van der Waals surface area contributed by atoms with E-state index in [-0.39, 0.29) is 17.9 Å². The van der Waals surface area contributed by atoms with Gasteiger partial charge >= 0.3 is 5.97 Å². The van der Waals surface area contributed by atoms with E-state index in [1.54, 1.807) is 0 Å². The second-order valence-corrected chi connectivity index (χ2v) is 6.93. The maximum Gasteiger partial charge on any atom is 0.317 e. The highest BCUT2D eigenvalue weighted by molar-refractivity contribution is 5.93. The number of amides is 1. The predicted molar refractivity (Wildman–Crippen MR) is 105 cm³/mol. The van der Waals surface area contributed by atoms with Crippen LogP contribution in [-0.4, -0.2) is 19.0 Å². The molecule has 1 amide bonds. The number of carbonyl (C=O) groups is 2. The normalized spacial score (nSPS) is 22.7. The quantitative estimate of drug-likeness (QED) is 0.647. The van der Waals surface area contributed by atoms with Crippen molar-refractivity contribution in [2.24, 2.45) is 5.92 Å². The molecule has 0 radical (unpaired) electrons. The Morgan fingerprint density at radius 2 is 1.67 bits per heavy atom. The van der Waals surface area contributed by atoms with Gasteiger partial charge in [0.25, 0.3) is 0 Å². The van der Waals surface area contributed by atoms with E-state index in [9.17, 15) is 9.59 Å². The van der Waals surface area contributed by atoms with Crippen LogP contribution in [0.3, 0.4) is 0 Å². The van der Waals surface area contributed by atoms with Crippen molar-refractivity contribution in [3.8, 4) is 0 Å². The number of esters is 1. The third-order valence-corrected chi connectivity index (χ3v) is 5.39. The fourth-order valence-electron chi connectivity index (χ4n) is 3.90. The zero-order valence-corrected chi connectivity index (χ0v) is 15.7. The monoisotopic (exact) mass is 363 g/mol. The van der Waals surface area contributed by atoms with Crippen LogP contribution in [0.25, 0.3) is 0 Å². The number of rotatable bonds is 5. The van der Waals surface area contributed by atoms with Gasteiger partial charge in [0.05, 0.1) is 19.1 Å². The van der Waals surface area contributed by atoms with E-state index < -0.39 is 11.3 Å². The van der Waals surface area contributed by atoms with Gasteiger partial charge in [-0.05, 0) is 30.9 Å². The molecule has 0 bridgehead atoms. The van der Waals surface area contributed by atoms with Gasteiger partial charge in [-0.25, -0.2) is 0 Å². The topological polar surface area (TPSA) is 55.4 Å². The fraction of sp³-hybridized carbons (Fsp3) is 0.304. The summed E-state index contributed by atoms with van der Waals surface area (Å²) in [4.78, 5) is 26.2. The summed E-state index contributed by atoms with van der Waals surface area (Å²) in [6.07, 6.45) is 4.88. The number of methoxy groups -OCH3 is 1. The number of hydrogen-bond donors (Lipinski definition) is 1. The van der Waals surface area contributed by atoms with Crippen molar-refractivity contribution in [2.45, 2.75) is 31.2 Å². The molecular formula is C23H25NO3. The van der Waals surface area contributed by atoms with Gasteiger partial charge in [-0.1, -0.05) is 72.8 Å². The van der Waals surface area contributed by atoms with Gasteiger partial charge in [-0.3, -0.25) is 9.59 Å². The van der Waals surface area contributed by atoms with Crippen LogP contribution in [-0.2, 0) is 19.7 Å². The molecule has 0 saturated carbocycles. The summed E-state index contributed by atoms with van der Waals surface area (Å²) in [6.45, 7) is 1.95. The van der Waals surface area contributed by atoms with Crippen molar-refractivity contribution in [1.29, 1.82) is 0 Å². The van der Waals surface area contributed by atoms with Gasteiger partial charge in [-0.2, -0.15) is 0 Å². The molecule has 0 aliphatic heterocycles. The van der Waals surface area contributed by atoms with Crippen molar-refractivity contribution < 1.29 is 14.3 Å². The molecule has 0 fully saturated rings. The Labute approximate surface area is 160 Å². The van der Waals surface area contributed by atoms with E-state index in [0.29, 0.717) is 12.8 Å². The molecular weight excluding hydrogens is 338 g/mol. The molecule has 140 valence electrons. The summed E-state index contributed by atoms with van der Waals surface area (Å²) >= 11 is 0. The van der Waals surface area contributed by atoms with Crippen LogP contribution in [0.2, 0.25) is 0 Å². The van der Waals surface area contributed by atoms with Gasteiger partial charge < -0.3 is 10.1 Å². The Balaban J connectivity index is 1.94. The minimum Gasteiger partial charge on any atom is -0.468 e. The lowest BCUT2D eigenvalue weighted by Gasteiger charge is -2.39. The molecule has 0 spiro atoms. The van der Waals surface area contributed by atoms with Crippen LogP contribution in [0.1, 0.15) is 36.9 Å². The van der Waals surface area contributed by atoms with E-state index in [0.717, 1.165) is 11.1 Å². The minimum atomic E-state index is -1.01. The molecule has 4 nitrogen and oxygen atoms in total. The Morgan fingerprint density at radius 3 is 2.30 bits per heavy atom. The Hall–Kier alpha value is -2.88. The zero-order chi connectivity index (χ0) is 19.3. The van der Waals surface area contributed by atoms with Crippen LogP contribution in [0, 0.1) is 5.92 Å². The molecule has 0 heterocycles. The molecule has 27 heavy (non-hydrogen) atoms. The smallest absolute Gasteiger partial charge is 0.317 e. The van der Waals surface area contributed by atoms with Gasteiger partial charge in [0.1, 0.15) is 5.41 Å². The van der Waals surface area contributed by atoms with E-state index in [1.165, 1.54) is 7.11 Å². The van der Waals surface area contributed by atoms with Crippen molar-refractivity contribution in [3.05, 3.63) is 83.9 Å². The zero-order valence-electron chi connectivity index (χ0n) is 15.7. The van der Waals surface area contributed by atoms with Crippen LogP contribution in [0.5, 0.6) is 0 Å². The van der Waals surface area contributed by atoms with E-state index in [4.69, 9.17) is 4.74 Å². The molecule has 1 N–H and O–H groups in total. The Morgan fingerprint density at radius 1 is 1.04 bits per heavy atom. The highest BCUT2D eigenvalue weighted by Crippen LogP contribution is 2.42. The first-order chi connectivity index (χ1) is 13.1. The minimum absolute atomic E-state index is 0.134. The molecule has 2 aromatic carbocycles. The molecule has 0 saturated heterocycles. The number of carbonyl (C=O) groups excluding carboxylic acids is 2. The van der Waals surface area contributed by atoms with Crippen LogP contribution in [0.15, 0.2) is 72.8 Å². The number of hydrogen-bond acceptors (Lipinski definition) is 3. The molecule has 4 heteroatoms. The molecule has 1 aliphatic rings. The largest absolute Gasteiger partial charge is 0.468 e. The summed E-state index contributed by atoms with van der Waals surface area (Å²) in [5.41, 5.74) is 0.833. The van der Waals surface area contributed by atoms with Crippen LogP contribution >= 0.6 is 0 Å². The lowest BCUT2D eigenvalue weighted by Crippen LogP contribution is -2.51. The molecule has 3 rings (SSSR count). The first-order valence-corrected chi connectivity index (χ1v) is 9.24. The molecule has 1 unspecified atom stereocenters. The van der Waals surface area contributed by atoms with Gasteiger partial charge in [0, 0.05) is 0 Å². The van der Waals surface area contributed by atoms with E-state index in [2.05, 4.69) is 5.32 Å². The second-order valence-electron chi connectivity index (χ2n) is 6.93. The fourth-order valence-corrected chi connectivity index (χ4v) is 3.90. The molecule has 2 aromatic rings. The lowest BCUT2D eigenvalue weighted by molar-refractivity contribution is -0.153. The van der Waals surface area contributed by atoms with Crippen molar-refractivity contribution in [2.75, 3.05) is 7.11 Å². The van der Waals surface area contributed by atoms with Gasteiger partial charge in [-0.15, -0.1) is 0 Å².